The molecule has 2 aromatic carbocycles. The zero-order valence-electron chi connectivity index (χ0n) is 19.2. The molecule has 2 amide bonds. The Morgan fingerprint density at radius 1 is 1.09 bits per heavy atom. The molecule has 0 radical (unpaired) electrons. The maximum absolute atomic E-state index is 13.0. The van der Waals surface area contributed by atoms with Gasteiger partial charge < -0.3 is 10.2 Å². The molecule has 1 aliphatic heterocycles. The average molecular weight is 470 g/mol. The van der Waals surface area contributed by atoms with Crippen LogP contribution in [0.25, 0.3) is 0 Å². The van der Waals surface area contributed by atoms with Crippen LogP contribution in [0.5, 0.6) is 0 Å². The smallest absolute Gasteiger partial charge is 0.243 e. The third-order valence-electron chi connectivity index (χ3n) is 6.67. The maximum atomic E-state index is 13.0. The van der Waals surface area contributed by atoms with Gasteiger partial charge in [-0.15, -0.1) is 0 Å². The highest BCUT2D eigenvalue weighted by Gasteiger charge is 2.36. The first-order valence-electron chi connectivity index (χ1n) is 11.6. The second kappa shape index (κ2) is 9.65. The second-order valence-corrected chi connectivity index (χ2v) is 10.6. The average Bonchev–Trinajstić information content (AvgIpc) is 3.22. The maximum Gasteiger partial charge on any atom is 0.243 e. The van der Waals surface area contributed by atoms with Gasteiger partial charge in [0.15, 0.2) is 0 Å². The van der Waals surface area contributed by atoms with E-state index in [1.54, 1.807) is 30.9 Å². The molecule has 1 heterocycles. The number of nitrogens with zero attached hydrogens (tertiary/aromatic N) is 2. The molecule has 0 spiro atoms. The Morgan fingerprint density at radius 3 is 2.48 bits per heavy atom. The summed E-state index contributed by atoms with van der Waals surface area (Å²) in [6.45, 7) is 4.69. The SMILES string of the molecule is CCN(CC)S(=O)(=O)c1ccc(N2C[C@@H](C(=O)N[C@H]3CCCc4ccccc43)CC2=O)cc1. The molecule has 0 saturated carbocycles. The second-order valence-electron chi connectivity index (χ2n) is 8.64. The van der Waals surface area contributed by atoms with E-state index in [4.69, 9.17) is 0 Å². The van der Waals surface area contributed by atoms with Crippen LogP contribution in [-0.4, -0.2) is 44.2 Å². The van der Waals surface area contributed by atoms with E-state index in [0.29, 0.717) is 25.3 Å². The Morgan fingerprint density at radius 2 is 1.79 bits per heavy atom. The Labute approximate surface area is 195 Å². The number of nitrogens with one attached hydrogen (secondary N) is 1. The van der Waals surface area contributed by atoms with Crippen molar-refractivity contribution >= 4 is 27.5 Å². The van der Waals surface area contributed by atoms with Crippen LogP contribution in [0.2, 0.25) is 0 Å². The molecular weight excluding hydrogens is 438 g/mol. The molecule has 8 heteroatoms. The Balaban J connectivity index is 1.44. The van der Waals surface area contributed by atoms with Crippen LogP contribution in [0.3, 0.4) is 0 Å². The number of benzene rings is 2. The summed E-state index contributed by atoms with van der Waals surface area (Å²) < 4.78 is 26.8. The predicted molar refractivity (Wildman–Crippen MR) is 127 cm³/mol. The van der Waals surface area contributed by atoms with Gasteiger partial charge in [0.2, 0.25) is 21.8 Å². The molecule has 7 nitrogen and oxygen atoms in total. The number of hydrogen-bond donors (Lipinski definition) is 1. The molecule has 1 fully saturated rings. The van der Waals surface area contributed by atoms with Gasteiger partial charge in [-0.3, -0.25) is 9.59 Å². The van der Waals surface area contributed by atoms with Gasteiger partial charge in [-0.25, -0.2) is 8.42 Å². The summed E-state index contributed by atoms with van der Waals surface area (Å²) in [4.78, 5) is 27.5. The highest BCUT2D eigenvalue weighted by Crippen LogP contribution is 2.31. The normalized spacial score (nSPS) is 20.7. The standard InChI is InChI=1S/C25H31N3O4S/c1-3-27(4-2)33(31,32)21-14-12-20(13-15-21)28-17-19(16-24(28)29)25(30)26-23-11-7-9-18-8-5-6-10-22(18)23/h5-6,8,10,12-15,19,23H,3-4,7,9,11,16-17H2,1-2H3,(H,26,30)/t19-,23-/m0/s1. The van der Waals surface area contributed by atoms with Gasteiger partial charge in [0.25, 0.3) is 0 Å². The number of anilines is 1. The van der Waals surface area contributed by atoms with Crippen molar-refractivity contribution in [2.45, 2.75) is 50.5 Å². The number of rotatable bonds is 7. The molecule has 0 aromatic heterocycles. The Bertz CT molecular complexity index is 1130. The van der Waals surface area contributed by atoms with Gasteiger partial charge in [0.1, 0.15) is 0 Å². The van der Waals surface area contributed by atoms with Crippen LogP contribution in [0, 0.1) is 5.92 Å². The lowest BCUT2D eigenvalue weighted by atomic mass is 9.87. The molecule has 0 bridgehead atoms. The molecular formula is C25H31N3O4S. The summed E-state index contributed by atoms with van der Waals surface area (Å²) in [7, 11) is -3.55. The molecule has 2 atom stereocenters. The first kappa shape index (κ1) is 23.4. The summed E-state index contributed by atoms with van der Waals surface area (Å²) in [5.74, 6) is -0.655. The summed E-state index contributed by atoms with van der Waals surface area (Å²) in [6.07, 6.45) is 3.11. The molecule has 33 heavy (non-hydrogen) atoms. The van der Waals surface area contributed by atoms with Crippen molar-refractivity contribution in [3.05, 3.63) is 59.7 Å². The predicted octanol–water partition coefficient (Wildman–Crippen LogP) is 3.26. The number of sulfonamides is 1. The first-order valence-corrected chi connectivity index (χ1v) is 13.1. The van der Waals surface area contributed by atoms with Crippen molar-refractivity contribution in [3.63, 3.8) is 0 Å². The molecule has 1 saturated heterocycles. The van der Waals surface area contributed by atoms with Crippen LogP contribution < -0.4 is 10.2 Å². The van der Waals surface area contributed by atoms with Gasteiger partial charge >= 0.3 is 0 Å². The lowest BCUT2D eigenvalue weighted by molar-refractivity contribution is -0.127. The van der Waals surface area contributed by atoms with E-state index in [1.165, 1.54) is 27.6 Å². The van der Waals surface area contributed by atoms with Crippen LogP contribution in [-0.2, 0) is 26.0 Å². The van der Waals surface area contributed by atoms with Gasteiger partial charge in [0, 0.05) is 31.7 Å². The minimum absolute atomic E-state index is 0.0174. The van der Waals surface area contributed by atoms with Gasteiger partial charge in [-0.05, 0) is 54.7 Å². The van der Waals surface area contributed by atoms with Crippen molar-refractivity contribution in [2.24, 2.45) is 5.92 Å². The number of amides is 2. The van der Waals surface area contributed by atoms with Crippen LogP contribution in [0.1, 0.15) is 50.3 Å². The Hall–Kier alpha value is -2.71. The highest BCUT2D eigenvalue weighted by molar-refractivity contribution is 7.89. The zero-order chi connectivity index (χ0) is 23.6. The fourth-order valence-electron chi connectivity index (χ4n) is 4.84. The largest absolute Gasteiger partial charge is 0.349 e. The lowest BCUT2D eigenvalue weighted by Crippen LogP contribution is -2.36. The zero-order valence-corrected chi connectivity index (χ0v) is 20.0. The van der Waals surface area contributed by atoms with Crippen LogP contribution >= 0.6 is 0 Å². The number of carbonyl (C=O) groups is 2. The molecule has 2 aliphatic rings. The first-order chi connectivity index (χ1) is 15.8. The fourth-order valence-corrected chi connectivity index (χ4v) is 6.29. The lowest BCUT2D eigenvalue weighted by Gasteiger charge is -2.27. The number of aryl methyl sites for hydroxylation is 1. The van der Waals surface area contributed by atoms with E-state index in [1.807, 2.05) is 12.1 Å². The highest BCUT2D eigenvalue weighted by atomic mass is 32.2. The van der Waals surface area contributed by atoms with Crippen molar-refractivity contribution in [3.8, 4) is 0 Å². The molecule has 2 aromatic rings. The number of carbonyl (C=O) groups excluding carboxylic acids is 2. The van der Waals surface area contributed by atoms with E-state index in [0.717, 1.165) is 19.3 Å². The summed E-state index contributed by atoms with van der Waals surface area (Å²) in [5.41, 5.74) is 3.05. The molecule has 0 unspecified atom stereocenters. The summed E-state index contributed by atoms with van der Waals surface area (Å²) >= 11 is 0. The monoisotopic (exact) mass is 469 g/mol. The van der Waals surface area contributed by atoms with E-state index in [9.17, 15) is 18.0 Å². The van der Waals surface area contributed by atoms with Gasteiger partial charge in [-0.2, -0.15) is 4.31 Å². The van der Waals surface area contributed by atoms with Crippen molar-refractivity contribution < 1.29 is 18.0 Å². The minimum atomic E-state index is -3.55. The Kier molecular flexibility index (Phi) is 6.86. The fraction of sp³-hybridized carbons (Fsp3) is 0.440. The van der Waals surface area contributed by atoms with E-state index >= 15 is 0 Å². The van der Waals surface area contributed by atoms with E-state index < -0.39 is 15.9 Å². The third kappa shape index (κ3) is 4.68. The van der Waals surface area contributed by atoms with Crippen molar-refractivity contribution in [1.29, 1.82) is 0 Å². The van der Waals surface area contributed by atoms with Crippen molar-refractivity contribution in [1.82, 2.24) is 9.62 Å². The van der Waals surface area contributed by atoms with Gasteiger partial charge in [0.05, 0.1) is 16.9 Å². The molecule has 1 aliphatic carbocycles. The van der Waals surface area contributed by atoms with Crippen LogP contribution in [0.15, 0.2) is 53.4 Å². The van der Waals surface area contributed by atoms with E-state index in [2.05, 4.69) is 17.4 Å². The minimum Gasteiger partial charge on any atom is -0.349 e. The topological polar surface area (TPSA) is 86.8 Å². The van der Waals surface area contributed by atoms with Crippen LogP contribution in [0.4, 0.5) is 5.69 Å². The van der Waals surface area contributed by atoms with Crippen molar-refractivity contribution in [2.75, 3.05) is 24.5 Å². The quantitative estimate of drug-likeness (QED) is 0.674. The number of hydrogen-bond acceptors (Lipinski definition) is 4. The third-order valence-corrected chi connectivity index (χ3v) is 8.74. The summed E-state index contributed by atoms with van der Waals surface area (Å²) in [6, 6.07) is 14.5. The molecule has 176 valence electrons. The molecule has 4 rings (SSSR count). The van der Waals surface area contributed by atoms with Gasteiger partial charge in [-0.1, -0.05) is 38.1 Å². The molecule has 1 N–H and O–H groups in total. The number of fused-ring (bicyclic) bond motifs is 1. The van der Waals surface area contributed by atoms with E-state index in [-0.39, 0.29) is 29.2 Å². The summed E-state index contributed by atoms with van der Waals surface area (Å²) in [5, 5.41) is 3.16.